The summed E-state index contributed by atoms with van der Waals surface area (Å²) < 4.78 is 39.0. The van der Waals surface area contributed by atoms with E-state index in [0.29, 0.717) is 53.0 Å². The maximum absolute atomic E-state index is 15.3. The highest BCUT2D eigenvalue weighted by Crippen LogP contribution is 2.47. The first-order valence-electron chi connectivity index (χ1n) is 13.4. The lowest BCUT2D eigenvalue weighted by Crippen LogP contribution is -2.54. The maximum Gasteiger partial charge on any atom is 0.357 e. The number of piperazine rings is 1. The number of hydrogen-bond acceptors (Lipinski definition) is 7. The summed E-state index contributed by atoms with van der Waals surface area (Å²) in [7, 11) is 0. The number of rotatable bonds is 4. The zero-order chi connectivity index (χ0) is 29.2. The van der Waals surface area contributed by atoms with E-state index in [-0.39, 0.29) is 41.9 Å². The normalized spacial score (nSPS) is 16.5. The summed E-state index contributed by atoms with van der Waals surface area (Å²) in [5, 5.41) is 4.88. The van der Waals surface area contributed by atoms with Crippen molar-refractivity contribution in [2.24, 2.45) is 0 Å². The van der Waals surface area contributed by atoms with Crippen molar-refractivity contribution in [2.45, 2.75) is 46.4 Å². The van der Waals surface area contributed by atoms with Crippen molar-refractivity contribution in [3.05, 3.63) is 70.4 Å². The minimum Gasteiger partial charge on any atom is -0.486 e. The first-order valence-corrected chi connectivity index (χ1v) is 13.4. The Morgan fingerprint density at radius 2 is 2.00 bits per heavy atom. The van der Waals surface area contributed by atoms with Gasteiger partial charge < -0.3 is 14.5 Å². The molecule has 1 fully saturated rings. The van der Waals surface area contributed by atoms with Gasteiger partial charge in [-0.15, -0.1) is 0 Å². The molecular formula is C29H29F2N7O3. The summed E-state index contributed by atoms with van der Waals surface area (Å²) in [4.78, 5) is 38.8. The van der Waals surface area contributed by atoms with Crippen molar-refractivity contribution in [1.82, 2.24) is 29.2 Å². The fourth-order valence-electron chi connectivity index (χ4n) is 5.82. The lowest BCUT2D eigenvalue weighted by atomic mass is 9.91. The number of aryl methyl sites for hydroxylation is 1. The number of halogens is 2. The van der Waals surface area contributed by atoms with Crippen LogP contribution in [0.1, 0.15) is 37.9 Å². The van der Waals surface area contributed by atoms with E-state index in [0.717, 1.165) is 6.07 Å². The number of carbonyl (C=O) groups is 1. The van der Waals surface area contributed by atoms with Crippen molar-refractivity contribution >= 4 is 22.6 Å². The molecule has 212 valence electrons. The minimum absolute atomic E-state index is 0.0143. The Bertz CT molecular complexity index is 1800. The quantitative estimate of drug-likeness (QED) is 0.348. The molecule has 10 nitrogen and oxygen atoms in total. The van der Waals surface area contributed by atoms with Crippen molar-refractivity contribution < 1.29 is 18.3 Å². The van der Waals surface area contributed by atoms with Gasteiger partial charge in [0.15, 0.2) is 17.4 Å². The van der Waals surface area contributed by atoms with Crippen LogP contribution in [-0.4, -0.2) is 60.8 Å². The molecule has 4 aromatic rings. The van der Waals surface area contributed by atoms with E-state index in [4.69, 9.17) is 4.74 Å². The summed E-state index contributed by atoms with van der Waals surface area (Å²) in [6.07, 6.45) is 2.64. The van der Waals surface area contributed by atoms with Crippen LogP contribution in [0.15, 0.2) is 42.0 Å². The van der Waals surface area contributed by atoms with Crippen LogP contribution < -0.4 is 15.3 Å². The third-order valence-electron chi connectivity index (χ3n) is 7.74. The molecule has 6 rings (SSSR count). The maximum atomic E-state index is 15.3. The molecule has 0 saturated carbocycles. The summed E-state index contributed by atoms with van der Waals surface area (Å²) in [5.41, 5.74) is 1.32. The monoisotopic (exact) mass is 561 g/mol. The number of amides is 1. The molecular weight excluding hydrogens is 532 g/mol. The Labute approximate surface area is 234 Å². The van der Waals surface area contributed by atoms with Crippen molar-refractivity contribution in [3.63, 3.8) is 0 Å². The Balaban J connectivity index is 1.67. The Morgan fingerprint density at radius 1 is 1.22 bits per heavy atom. The smallest absolute Gasteiger partial charge is 0.357 e. The van der Waals surface area contributed by atoms with Gasteiger partial charge in [0.25, 0.3) is 0 Å². The molecule has 0 unspecified atom stereocenters. The molecule has 2 aromatic carbocycles. The third kappa shape index (κ3) is 4.08. The number of carbonyl (C=O) groups excluding carboxylic acids is 1. The molecule has 2 aliphatic rings. The van der Waals surface area contributed by atoms with Crippen LogP contribution in [-0.2, 0) is 11.4 Å². The highest BCUT2D eigenvalue weighted by molar-refractivity contribution is 6.01. The van der Waals surface area contributed by atoms with Crippen LogP contribution >= 0.6 is 0 Å². The topological polar surface area (TPSA) is 98.4 Å². The molecule has 0 bridgehead atoms. The first kappa shape index (κ1) is 26.6. The second-order valence-electron chi connectivity index (χ2n) is 10.7. The number of aromatic nitrogens is 5. The lowest BCUT2D eigenvalue weighted by molar-refractivity contribution is -0.126. The van der Waals surface area contributed by atoms with E-state index in [2.05, 4.69) is 21.6 Å². The van der Waals surface area contributed by atoms with Gasteiger partial charge >= 0.3 is 5.69 Å². The van der Waals surface area contributed by atoms with Crippen molar-refractivity contribution in [1.29, 1.82) is 0 Å². The molecule has 41 heavy (non-hydrogen) atoms. The highest BCUT2D eigenvalue weighted by atomic mass is 19.2. The molecule has 1 amide bonds. The molecule has 4 heterocycles. The Kier molecular flexibility index (Phi) is 6.35. The summed E-state index contributed by atoms with van der Waals surface area (Å²) in [6, 6.07) is 4.09. The van der Waals surface area contributed by atoms with Crippen LogP contribution in [0.4, 0.5) is 14.6 Å². The van der Waals surface area contributed by atoms with E-state index in [9.17, 15) is 14.0 Å². The Hall–Kier alpha value is -4.61. The third-order valence-corrected chi connectivity index (χ3v) is 7.74. The average Bonchev–Trinajstić information content (AvgIpc) is 3.44. The highest BCUT2D eigenvalue weighted by Gasteiger charge is 2.34. The van der Waals surface area contributed by atoms with Crippen LogP contribution in [0, 0.1) is 18.6 Å². The van der Waals surface area contributed by atoms with E-state index < -0.39 is 17.3 Å². The van der Waals surface area contributed by atoms with Crippen molar-refractivity contribution in [2.75, 3.05) is 24.5 Å². The van der Waals surface area contributed by atoms with E-state index in [1.165, 1.54) is 23.0 Å². The van der Waals surface area contributed by atoms with Crippen LogP contribution in [0.5, 0.6) is 5.75 Å². The summed E-state index contributed by atoms with van der Waals surface area (Å²) in [6.45, 7) is 12.4. The average molecular weight is 562 g/mol. The van der Waals surface area contributed by atoms with E-state index >= 15 is 4.39 Å². The van der Waals surface area contributed by atoms with Crippen LogP contribution in [0.2, 0.25) is 0 Å². The number of anilines is 1. The summed E-state index contributed by atoms with van der Waals surface area (Å²) in [5.74, 6) is -1.23. The number of hydrogen-bond donors (Lipinski definition) is 0. The van der Waals surface area contributed by atoms with Gasteiger partial charge in [-0.25, -0.2) is 22.8 Å². The van der Waals surface area contributed by atoms with E-state index in [1.54, 1.807) is 16.5 Å². The predicted molar refractivity (Wildman–Crippen MR) is 149 cm³/mol. The van der Waals surface area contributed by atoms with E-state index in [1.807, 2.05) is 31.7 Å². The van der Waals surface area contributed by atoms with Gasteiger partial charge in [-0.2, -0.15) is 15.1 Å². The number of ether oxygens (including phenoxy) is 1. The zero-order valence-electron chi connectivity index (χ0n) is 23.2. The van der Waals surface area contributed by atoms with Gasteiger partial charge in [0, 0.05) is 47.8 Å². The molecule has 0 radical (unpaired) electrons. The van der Waals surface area contributed by atoms with Gasteiger partial charge in [0.2, 0.25) is 11.9 Å². The van der Waals surface area contributed by atoms with Gasteiger partial charge in [-0.05, 0) is 51.5 Å². The van der Waals surface area contributed by atoms with Crippen LogP contribution in [0.25, 0.3) is 28.0 Å². The SMILES string of the molecule is C=CC(=O)N1CCN(c2nc(=O)n(-c3ncnn3C(C)C)c3c4c(c(C)cc23)-c2c(ccc(F)c2F)CO4)[C@@H](C)C1. The molecule has 0 N–H and O–H groups in total. The van der Waals surface area contributed by atoms with Gasteiger partial charge in [0.05, 0.1) is 6.04 Å². The molecule has 1 atom stereocenters. The zero-order valence-corrected chi connectivity index (χ0v) is 23.2. The molecule has 0 aliphatic carbocycles. The second kappa shape index (κ2) is 9.79. The molecule has 12 heteroatoms. The fourth-order valence-corrected chi connectivity index (χ4v) is 5.82. The number of nitrogens with zero attached hydrogens (tertiary/aromatic N) is 7. The molecule has 1 saturated heterocycles. The molecule has 2 aromatic heterocycles. The fraction of sp³-hybridized carbons (Fsp3) is 0.345. The van der Waals surface area contributed by atoms with Gasteiger partial charge in [-0.1, -0.05) is 12.6 Å². The van der Waals surface area contributed by atoms with Crippen LogP contribution in [0.3, 0.4) is 0 Å². The predicted octanol–water partition coefficient (Wildman–Crippen LogP) is 3.93. The lowest BCUT2D eigenvalue weighted by Gasteiger charge is -2.40. The first-order chi connectivity index (χ1) is 19.6. The van der Waals surface area contributed by atoms with Crippen molar-refractivity contribution in [3.8, 4) is 22.8 Å². The second-order valence-corrected chi connectivity index (χ2v) is 10.7. The Morgan fingerprint density at radius 3 is 2.71 bits per heavy atom. The largest absolute Gasteiger partial charge is 0.486 e. The molecule has 0 spiro atoms. The number of benzene rings is 2. The minimum atomic E-state index is -0.973. The molecule has 2 aliphatic heterocycles. The van der Waals surface area contributed by atoms with Gasteiger partial charge in [-0.3, -0.25) is 4.79 Å². The standard InChI is InChI=1S/C29H29F2N7O3/c1-6-21(39)35-9-10-36(17(5)12-35)27-19-11-16(4)22-23-18(7-8-20(30)24(23)31)13-41-26(22)25(19)37(29(40)34-27)28-32-14-33-38(28)15(2)3/h6-8,11,14-15,17H,1,9-10,12-13H2,2-5H3/t17-/m0/s1. The van der Waals surface area contributed by atoms with Gasteiger partial charge in [0.1, 0.15) is 24.3 Å². The summed E-state index contributed by atoms with van der Waals surface area (Å²) >= 11 is 0. The number of fused-ring (bicyclic) bond motifs is 5.